The Balaban J connectivity index is 4.06. The van der Waals surface area contributed by atoms with Crippen LogP contribution >= 0.6 is 0 Å². The molecular formula is C13H26N2O. The largest absolute Gasteiger partial charge is 0.351 e. The zero-order valence-corrected chi connectivity index (χ0v) is 11.0. The van der Waals surface area contributed by atoms with Crippen molar-refractivity contribution in [1.82, 2.24) is 10.6 Å². The Kier molecular flexibility index (Phi) is 7.90. The number of carbonyl (C=O) groups is 1. The molecule has 0 rings (SSSR count). The van der Waals surface area contributed by atoms with E-state index in [4.69, 9.17) is 0 Å². The molecule has 0 aliphatic heterocycles. The molecule has 0 bridgehead atoms. The van der Waals surface area contributed by atoms with Crippen LogP contribution in [0.1, 0.15) is 40.5 Å². The lowest BCUT2D eigenvalue weighted by molar-refractivity contribution is -0.122. The monoisotopic (exact) mass is 226 g/mol. The van der Waals surface area contributed by atoms with Crippen molar-refractivity contribution in [1.29, 1.82) is 0 Å². The molecule has 0 aliphatic carbocycles. The molecule has 0 saturated carbocycles. The standard InChI is InChI=1S/C13H26N2O/c1-6-9-14-13(16)11(5)15-10(4)12(7-2)8-3/h6,10-12,15H,1,7-9H2,2-5H3,(H,14,16). The quantitative estimate of drug-likeness (QED) is 0.622. The lowest BCUT2D eigenvalue weighted by Gasteiger charge is -2.25. The van der Waals surface area contributed by atoms with Gasteiger partial charge in [-0.3, -0.25) is 4.79 Å². The van der Waals surface area contributed by atoms with Crippen LogP contribution in [-0.4, -0.2) is 24.5 Å². The highest BCUT2D eigenvalue weighted by Gasteiger charge is 2.18. The van der Waals surface area contributed by atoms with Crippen LogP contribution < -0.4 is 10.6 Å². The summed E-state index contributed by atoms with van der Waals surface area (Å²) in [5, 5.41) is 6.14. The molecule has 3 heteroatoms. The maximum Gasteiger partial charge on any atom is 0.237 e. The van der Waals surface area contributed by atoms with E-state index in [2.05, 4.69) is 38.0 Å². The lowest BCUT2D eigenvalue weighted by Crippen LogP contribution is -2.47. The minimum Gasteiger partial charge on any atom is -0.351 e. The fourth-order valence-electron chi connectivity index (χ4n) is 1.93. The van der Waals surface area contributed by atoms with Gasteiger partial charge in [-0.05, 0) is 19.8 Å². The fourth-order valence-corrected chi connectivity index (χ4v) is 1.93. The van der Waals surface area contributed by atoms with E-state index in [9.17, 15) is 4.79 Å². The van der Waals surface area contributed by atoms with Crippen molar-refractivity contribution >= 4 is 5.91 Å². The Hall–Kier alpha value is -0.830. The van der Waals surface area contributed by atoms with Crippen molar-refractivity contribution in [3.8, 4) is 0 Å². The molecule has 0 saturated heterocycles. The number of amides is 1. The molecular weight excluding hydrogens is 200 g/mol. The van der Waals surface area contributed by atoms with E-state index in [1.165, 1.54) is 0 Å². The van der Waals surface area contributed by atoms with Gasteiger partial charge in [0.05, 0.1) is 6.04 Å². The molecule has 94 valence electrons. The Morgan fingerprint density at radius 1 is 1.31 bits per heavy atom. The van der Waals surface area contributed by atoms with E-state index in [1.54, 1.807) is 6.08 Å². The van der Waals surface area contributed by atoms with E-state index >= 15 is 0 Å². The van der Waals surface area contributed by atoms with Crippen LogP contribution in [0.15, 0.2) is 12.7 Å². The average Bonchev–Trinajstić information content (AvgIpc) is 2.27. The second-order valence-corrected chi connectivity index (χ2v) is 4.29. The van der Waals surface area contributed by atoms with E-state index in [0.717, 1.165) is 12.8 Å². The molecule has 2 N–H and O–H groups in total. The zero-order valence-electron chi connectivity index (χ0n) is 11.0. The molecule has 1 amide bonds. The summed E-state index contributed by atoms with van der Waals surface area (Å²) in [5.41, 5.74) is 0. The third kappa shape index (κ3) is 5.31. The first-order valence-electron chi connectivity index (χ1n) is 6.21. The summed E-state index contributed by atoms with van der Waals surface area (Å²) in [6, 6.07) is 0.232. The van der Waals surface area contributed by atoms with Crippen molar-refractivity contribution < 1.29 is 4.79 Å². The topological polar surface area (TPSA) is 41.1 Å². The third-order valence-corrected chi connectivity index (χ3v) is 3.08. The minimum atomic E-state index is -0.143. The highest BCUT2D eigenvalue weighted by molar-refractivity contribution is 5.81. The van der Waals surface area contributed by atoms with Crippen molar-refractivity contribution in [3.63, 3.8) is 0 Å². The summed E-state index contributed by atoms with van der Waals surface area (Å²) in [5.74, 6) is 0.673. The van der Waals surface area contributed by atoms with Crippen molar-refractivity contribution in [2.75, 3.05) is 6.54 Å². The molecule has 3 nitrogen and oxygen atoms in total. The summed E-state index contributed by atoms with van der Waals surface area (Å²) >= 11 is 0. The van der Waals surface area contributed by atoms with Gasteiger partial charge in [0.15, 0.2) is 0 Å². The van der Waals surface area contributed by atoms with Crippen LogP contribution in [0.4, 0.5) is 0 Å². The smallest absolute Gasteiger partial charge is 0.237 e. The second-order valence-electron chi connectivity index (χ2n) is 4.29. The predicted octanol–water partition coefficient (Wildman–Crippen LogP) is 2.09. The third-order valence-electron chi connectivity index (χ3n) is 3.08. The van der Waals surface area contributed by atoms with Gasteiger partial charge in [0.2, 0.25) is 5.91 Å². The molecule has 16 heavy (non-hydrogen) atoms. The van der Waals surface area contributed by atoms with Gasteiger partial charge < -0.3 is 10.6 Å². The molecule has 0 aromatic heterocycles. The van der Waals surface area contributed by atoms with E-state index in [1.807, 2.05) is 6.92 Å². The van der Waals surface area contributed by atoms with Gasteiger partial charge in [-0.15, -0.1) is 6.58 Å². The maximum absolute atomic E-state index is 11.6. The van der Waals surface area contributed by atoms with Crippen LogP contribution in [0.25, 0.3) is 0 Å². The van der Waals surface area contributed by atoms with Gasteiger partial charge in [-0.1, -0.05) is 32.8 Å². The number of hydrogen-bond acceptors (Lipinski definition) is 2. The van der Waals surface area contributed by atoms with Gasteiger partial charge in [-0.25, -0.2) is 0 Å². The summed E-state index contributed by atoms with van der Waals surface area (Å²) in [4.78, 5) is 11.6. The summed E-state index contributed by atoms with van der Waals surface area (Å²) in [7, 11) is 0. The maximum atomic E-state index is 11.6. The Morgan fingerprint density at radius 2 is 1.88 bits per heavy atom. The minimum absolute atomic E-state index is 0.0395. The molecule has 0 fully saturated rings. The number of carbonyl (C=O) groups excluding carboxylic acids is 1. The second kappa shape index (κ2) is 8.34. The van der Waals surface area contributed by atoms with Gasteiger partial charge >= 0.3 is 0 Å². The number of nitrogens with one attached hydrogen (secondary N) is 2. The van der Waals surface area contributed by atoms with E-state index < -0.39 is 0 Å². The van der Waals surface area contributed by atoms with E-state index in [0.29, 0.717) is 18.5 Å². The molecule has 0 aromatic rings. The molecule has 2 unspecified atom stereocenters. The first-order chi connectivity index (χ1) is 7.56. The lowest BCUT2D eigenvalue weighted by atomic mass is 9.95. The van der Waals surface area contributed by atoms with E-state index in [-0.39, 0.29) is 11.9 Å². The molecule has 0 heterocycles. The summed E-state index contributed by atoms with van der Waals surface area (Å²) < 4.78 is 0. The van der Waals surface area contributed by atoms with Crippen molar-refractivity contribution in [2.24, 2.45) is 5.92 Å². The first kappa shape index (κ1) is 15.2. The van der Waals surface area contributed by atoms with Crippen LogP contribution in [0, 0.1) is 5.92 Å². The van der Waals surface area contributed by atoms with Crippen LogP contribution in [0.5, 0.6) is 0 Å². The van der Waals surface area contributed by atoms with Crippen molar-refractivity contribution in [2.45, 2.75) is 52.6 Å². The fraction of sp³-hybridized carbons (Fsp3) is 0.769. The van der Waals surface area contributed by atoms with Gasteiger partial charge in [0.25, 0.3) is 0 Å². The highest BCUT2D eigenvalue weighted by Crippen LogP contribution is 2.12. The predicted molar refractivity (Wildman–Crippen MR) is 69.3 cm³/mol. The summed E-state index contributed by atoms with van der Waals surface area (Å²) in [6.45, 7) is 12.5. The van der Waals surface area contributed by atoms with Gasteiger partial charge in [-0.2, -0.15) is 0 Å². The molecule has 0 aromatic carbocycles. The zero-order chi connectivity index (χ0) is 12.6. The van der Waals surface area contributed by atoms with Crippen LogP contribution in [0.3, 0.4) is 0 Å². The number of rotatable bonds is 8. The van der Waals surface area contributed by atoms with Gasteiger partial charge in [0.1, 0.15) is 0 Å². The Morgan fingerprint density at radius 3 is 2.31 bits per heavy atom. The molecule has 0 spiro atoms. The first-order valence-corrected chi connectivity index (χ1v) is 6.21. The van der Waals surface area contributed by atoms with Crippen LogP contribution in [0.2, 0.25) is 0 Å². The number of hydrogen-bond donors (Lipinski definition) is 2. The molecule has 2 atom stereocenters. The van der Waals surface area contributed by atoms with Crippen LogP contribution in [-0.2, 0) is 4.79 Å². The summed E-state index contributed by atoms with van der Waals surface area (Å²) in [6.07, 6.45) is 3.98. The average molecular weight is 226 g/mol. The SMILES string of the molecule is C=CCNC(=O)C(C)NC(C)C(CC)CC. The molecule has 0 radical (unpaired) electrons. The molecule has 0 aliphatic rings. The van der Waals surface area contributed by atoms with Crippen molar-refractivity contribution in [3.05, 3.63) is 12.7 Å². The van der Waals surface area contributed by atoms with Gasteiger partial charge in [0, 0.05) is 12.6 Å². The normalized spacial score (nSPS) is 14.6. The Labute approximate surface area is 99.7 Å². The highest BCUT2D eigenvalue weighted by atomic mass is 16.2. The Bertz CT molecular complexity index is 212.